The van der Waals surface area contributed by atoms with Gasteiger partial charge in [0.1, 0.15) is 0 Å². The van der Waals surface area contributed by atoms with Crippen LogP contribution in [0.1, 0.15) is 104 Å². The quantitative estimate of drug-likeness (QED) is 0.322. The Morgan fingerprint density at radius 3 is 2.44 bits per heavy atom. The van der Waals surface area contributed by atoms with Crippen molar-refractivity contribution in [1.29, 1.82) is 0 Å². The van der Waals surface area contributed by atoms with Gasteiger partial charge in [0, 0.05) is 12.5 Å². The second-order valence-corrected chi connectivity index (χ2v) is 14.5. The summed E-state index contributed by atoms with van der Waals surface area (Å²) in [7, 11) is 0. The minimum Gasteiger partial charge on any atom is -0.481 e. The number of hydrogen-bond donors (Lipinski definition) is 3. The van der Waals surface area contributed by atoms with Crippen molar-refractivity contribution < 1.29 is 19.8 Å². The maximum atomic E-state index is 12.7. The second-order valence-electron chi connectivity index (χ2n) is 13.5. The summed E-state index contributed by atoms with van der Waals surface area (Å²) in [5, 5.41) is 22.5. The molecule has 0 spiro atoms. The van der Waals surface area contributed by atoms with Gasteiger partial charge in [-0.2, -0.15) is 11.8 Å². The van der Waals surface area contributed by atoms with Gasteiger partial charge in [0.15, 0.2) is 0 Å². The predicted octanol–water partition coefficient (Wildman–Crippen LogP) is 6.14. The van der Waals surface area contributed by atoms with E-state index in [-0.39, 0.29) is 24.5 Å². The Hall–Kier alpha value is -0.750. The maximum Gasteiger partial charge on any atom is 0.305 e. The molecular formula is C30H51NO4S. The number of nitrogens with one attached hydrogen (secondary N) is 1. The lowest BCUT2D eigenvalue weighted by atomic mass is 9.44. The van der Waals surface area contributed by atoms with Crippen LogP contribution in [0.15, 0.2) is 0 Å². The first-order valence-corrected chi connectivity index (χ1v) is 16.2. The first kappa shape index (κ1) is 28.3. The summed E-state index contributed by atoms with van der Waals surface area (Å²) in [6.45, 7) is 7.50. The van der Waals surface area contributed by atoms with Crippen LogP contribution in [0.4, 0.5) is 0 Å². The number of carboxylic acid groups (broad SMARTS) is 1. The van der Waals surface area contributed by atoms with Crippen molar-refractivity contribution in [3.05, 3.63) is 0 Å². The van der Waals surface area contributed by atoms with Crippen molar-refractivity contribution >= 4 is 23.6 Å². The Balaban J connectivity index is 1.34. The molecule has 10 atom stereocenters. The van der Waals surface area contributed by atoms with Gasteiger partial charge >= 0.3 is 5.97 Å². The number of rotatable bonds is 10. The largest absolute Gasteiger partial charge is 0.481 e. The fourth-order valence-corrected chi connectivity index (χ4v) is 10.3. The highest BCUT2D eigenvalue weighted by molar-refractivity contribution is 7.98. The number of amides is 1. The third kappa shape index (κ3) is 5.65. The fraction of sp³-hybridized carbons (Fsp3) is 0.933. The van der Waals surface area contributed by atoms with Crippen LogP contribution in [0.25, 0.3) is 0 Å². The summed E-state index contributed by atoms with van der Waals surface area (Å²) < 4.78 is 0. The van der Waals surface area contributed by atoms with Crippen LogP contribution < -0.4 is 5.32 Å². The summed E-state index contributed by atoms with van der Waals surface area (Å²) in [5.41, 5.74) is 0.812. The molecule has 0 radical (unpaired) electrons. The average Bonchev–Trinajstić information content (AvgIpc) is 3.18. The number of aliphatic carboxylic acids is 1. The Labute approximate surface area is 223 Å². The smallest absolute Gasteiger partial charge is 0.305 e. The van der Waals surface area contributed by atoms with Crippen LogP contribution in [0.5, 0.6) is 0 Å². The van der Waals surface area contributed by atoms with Gasteiger partial charge in [-0.25, -0.2) is 0 Å². The molecule has 0 heterocycles. The van der Waals surface area contributed by atoms with E-state index < -0.39 is 5.97 Å². The number of aliphatic hydroxyl groups is 1. The number of fused-ring (bicyclic) bond motifs is 5. The SMILES string of the molecule is CSCC[C@@H](CC(=O)O)NC(=O)CC[C@@H](C)[C@H]1CC[C@H]2[C@@H]3CC[C@@H]4C[C@H](O)CC[C@]4(C)[C@H]3CC[C@]12C. The molecule has 0 bridgehead atoms. The average molecular weight is 522 g/mol. The minimum absolute atomic E-state index is 0.00548. The molecule has 0 aromatic rings. The predicted molar refractivity (Wildman–Crippen MR) is 147 cm³/mol. The molecule has 0 aromatic carbocycles. The topological polar surface area (TPSA) is 86.6 Å². The van der Waals surface area contributed by atoms with Gasteiger partial charge in [-0.1, -0.05) is 20.8 Å². The summed E-state index contributed by atoms with van der Waals surface area (Å²) >= 11 is 1.69. The van der Waals surface area contributed by atoms with E-state index in [0.29, 0.717) is 41.4 Å². The molecule has 1 amide bonds. The van der Waals surface area contributed by atoms with Crippen LogP contribution in [0, 0.1) is 46.3 Å². The summed E-state index contributed by atoms with van der Waals surface area (Å²) in [5.74, 6) is 4.42. The molecule has 3 N–H and O–H groups in total. The van der Waals surface area contributed by atoms with Gasteiger partial charge < -0.3 is 15.5 Å². The maximum absolute atomic E-state index is 12.7. The third-order valence-electron chi connectivity index (χ3n) is 11.7. The first-order valence-electron chi connectivity index (χ1n) is 14.8. The van der Waals surface area contributed by atoms with Crippen molar-refractivity contribution in [3.8, 4) is 0 Å². The number of hydrogen-bond acceptors (Lipinski definition) is 4. The molecule has 4 aliphatic carbocycles. The lowest BCUT2D eigenvalue weighted by Gasteiger charge is -2.61. The Kier molecular flexibility index (Phi) is 9.07. The molecule has 5 nitrogen and oxygen atoms in total. The van der Waals surface area contributed by atoms with Crippen molar-refractivity contribution in [2.75, 3.05) is 12.0 Å². The van der Waals surface area contributed by atoms with Crippen LogP contribution in [-0.4, -0.2) is 46.2 Å². The van der Waals surface area contributed by atoms with E-state index in [4.69, 9.17) is 0 Å². The molecule has 0 saturated heterocycles. The molecule has 36 heavy (non-hydrogen) atoms. The summed E-state index contributed by atoms with van der Waals surface area (Å²) in [4.78, 5) is 23.9. The molecule has 4 aliphatic rings. The molecule has 0 unspecified atom stereocenters. The van der Waals surface area contributed by atoms with Crippen molar-refractivity contribution in [3.63, 3.8) is 0 Å². The Morgan fingerprint density at radius 2 is 1.72 bits per heavy atom. The van der Waals surface area contributed by atoms with E-state index >= 15 is 0 Å². The molecular weight excluding hydrogens is 470 g/mol. The highest BCUT2D eigenvalue weighted by atomic mass is 32.2. The van der Waals surface area contributed by atoms with E-state index in [9.17, 15) is 19.8 Å². The molecule has 6 heteroatoms. The van der Waals surface area contributed by atoms with Crippen LogP contribution in [-0.2, 0) is 9.59 Å². The van der Waals surface area contributed by atoms with Crippen LogP contribution in [0.3, 0.4) is 0 Å². The number of aliphatic hydroxyl groups excluding tert-OH is 1. The fourth-order valence-electron chi connectivity index (χ4n) is 9.77. The van der Waals surface area contributed by atoms with Crippen LogP contribution in [0.2, 0.25) is 0 Å². The lowest BCUT2D eigenvalue weighted by molar-refractivity contribution is -0.137. The Bertz CT molecular complexity index is 791. The van der Waals surface area contributed by atoms with Gasteiger partial charge in [-0.15, -0.1) is 0 Å². The first-order chi connectivity index (χ1) is 17.1. The normalized spacial score (nSPS) is 41.5. The Morgan fingerprint density at radius 1 is 1.00 bits per heavy atom. The number of carboxylic acids is 1. The molecule has 4 rings (SSSR count). The van der Waals surface area contributed by atoms with Crippen molar-refractivity contribution in [2.24, 2.45) is 46.3 Å². The number of carbonyl (C=O) groups is 2. The molecule has 4 saturated carbocycles. The third-order valence-corrected chi connectivity index (χ3v) is 12.3. The number of thioether (sulfide) groups is 1. The van der Waals surface area contributed by atoms with Crippen LogP contribution >= 0.6 is 11.8 Å². The number of carbonyl (C=O) groups excluding carboxylic acids is 1. The van der Waals surface area contributed by atoms with Gasteiger partial charge in [0.05, 0.1) is 12.5 Å². The van der Waals surface area contributed by atoms with Gasteiger partial charge in [0.2, 0.25) is 5.91 Å². The van der Waals surface area contributed by atoms with E-state index in [1.54, 1.807) is 11.8 Å². The molecule has 4 fully saturated rings. The summed E-state index contributed by atoms with van der Waals surface area (Å²) in [6, 6.07) is -0.265. The van der Waals surface area contributed by atoms with Gasteiger partial charge in [0.25, 0.3) is 0 Å². The lowest BCUT2D eigenvalue weighted by Crippen LogP contribution is -2.54. The zero-order valence-corrected chi connectivity index (χ0v) is 24.0. The zero-order valence-electron chi connectivity index (χ0n) is 23.1. The van der Waals surface area contributed by atoms with E-state index in [1.807, 2.05) is 6.26 Å². The van der Waals surface area contributed by atoms with E-state index in [2.05, 4.69) is 26.1 Å². The van der Waals surface area contributed by atoms with Gasteiger partial charge in [-0.05, 0) is 129 Å². The molecule has 206 valence electrons. The highest BCUT2D eigenvalue weighted by Gasteiger charge is 2.60. The monoisotopic (exact) mass is 521 g/mol. The minimum atomic E-state index is -0.845. The zero-order chi connectivity index (χ0) is 26.1. The standard InChI is InChI=1S/C30H51NO4S/c1-19(5-10-27(33)31-21(13-16-36-4)18-28(34)35)24-8-9-25-23-7-6-20-17-22(32)11-14-29(20,2)26(23)12-15-30(24,25)3/h19-26,32H,5-18H2,1-4H3,(H,31,33)(H,34,35)/t19-,20-,21+,22-,23+,24-,25+,26+,29+,30-/m1/s1. The molecule has 0 aliphatic heterocycles. The van der Waals surface area contributed by atoms with Crippen molar-refractivity contribution in [2.45, 2.75) is 116 Å². The highest BCUT2D eigenvalue weighted by Crippen LogP contribution is 2.68. The van der Waals surface area contributed by atoms with E-state index in [0.717, 1.165) is 42.8 Å². The summed E-state index contributed by atoms with van der Waals surface area (Å²) in [6.07, 6.45) is 15.2. The second kappa shape index (κ2) is 11.6. The van der Waals surface area contributed by atoms with Gasteiger partial charge in [-0.3, -0.25) is 9.59 Å². The van der Waals surface area contributed by atoms with E-state index in [1.165, 1.54) is 44.9 Å². The van der Waals surface area contributed by atoms with Crippen molar-refractivity contribution in [1.82, 2.24) is 5.32 Å². The molecule has 0 aromatic heterocycles.